The van der Waals surface area contributed by atoms with Crippen LogP contribution in [0.4, 0.5) is 0 Å². The van der Waals surface area contributed by atoms with E-state index in [1.54, 1.807) is 0 Å². The third kappa shape index (κ3) is 3.85. The van der Waals surface area contributed by atoms with E-state index >= 15 is 0 Å². The molecule has 1 nitrogen and oxygen atoms in total. The first-order valence-electron chi connectivity index (χ1n) is 6.95. The molecular formula is C16H25N. The average Bonchev–Trinajstić information content (AvgIpc) is 2.24. The minimum atomic E-state index is 0.646. The van der Waals surface area contributed by atoms with E-state index in [4.69, 9.17) is 0 Å². The van der Waals surface area contributed by atoms with Gasteiger partial charge in [-0.05, 0) is 51.0 Å². The first kappa shape index (κ1) is 12.6. The van der Waals surface area contributed by atoms with Crippen molar-refractivity contribution in [2.75, 3.05) is 0 Å². The normalized spacial score (nSPS) is 25.4. The van der Waals surface area contributed by atoms with E-state index in [9.17, 15) is 0 Å². The number of hydrogen-bond donors (Lipinski definition) is 1. The monoisotopic (exact) mass is 231 g/mol. The highest BCUT2D eigenvalue weighted by molar-refractivity contribution is 5.22. The van der Waals surface area contributed by atoms with Crippen LogP contribution in [0.1, 0.15) is 44.2 Å². The van der Waals surface area contributed by atoms with Crippen LogP contribution >= 0.6 is 0 Å². The van der Waals surface area contributed by atoms with Crippen LogP contribution in [0.25, 0.3) is 0 Å². The molecule has 1 heteroatoms. The van der Waals surface area contributed by atoms with E-state index in [1.165, 1.54) is 36.8 Å². The zero-order valence-electron chi connectivity index (χ0n) is 11.4. The third-order valence-corrected chi connectivity index (χ3v) is 3.84. The maximum absolute atomic E-state index is 3.73. The van der Waals surface area contributed by atoms with Crippen molar-refractivity contribution in [3.05, 3.63) is 35.4 Å². The summed E-state index contributed by atoms with van der Waals surface area (Å²) < 4.78 is 0. The molecule has 1 saturated carbocycles. The molecule has 1 fully saturated rings. The highest BCUT2D eigenvalue weighted by atomic mass is 15.0. The molecule has 0 aromatic heterocycles. The number of benzene rings is 1. The smallest absolute Gasteiger partial charge is 0.00746 e. The van der Waals surface area contributed by atoms with Crippen LogP contribution in [0.3, 0.4) is 0 Å². The summed E-state index contributed by atoms with van der Waals surface area (Å²) in [5.41, 5.74) is 2.84. The summed E-state index contributed by atoms with van der Waals surface area (Å²) in [5.74, 6) is 0.941. The largest absolute Gasteiger partial charge is 0.311 e. The van der Waals surface area contributed by atoms with Gasteiger partial charge in [0.05, 0.1) is 0 Å². The summed E-state index contributed by atoms with van der Waals surface area (Å²) in [6, 6.07) is 10.3. The lowest BCUT2D eigenvalue weighted by molar-refractivity contribution is 0.223. The van der Waals surface area contributed by atoms with Crippen molar-refractivity contribution in [2.45, 2.75) is 58.5 Å². The zero-order chi connectivity index (χ0) is 12.3. The van der Waals surface area contributed by atoms with Crippen molar-refractivity contribution >= 4 is 0 Å². The molecule has 0 bridgehead atoms. The molecule has 0 heterocycles. The van der Waals surface area contributed by atoms with E-state index in [1.807, 2.05) is 0 Å². The van der Waals surface area contributed by atoms with Crippen molar-refractivity contribution in [1.29, 1.82) is 0 Å². The highest BCUT2D eigenvalue weighted by Gasteiger charge is 2.25. The van der Waals surface area contributed by atoms with Gasteiger partial charge in [0.1, 0.15) is 0 Å². The average molecular weight is 231 g/mol. The van der Waals surface area contributed by atoms with Crippen molar-refractivity contribution in [2.24, 2.45) is 5.92 Å². The lowest BCUT2D eigenvalue weighted by Gasteiger charge is -2.35. The Labute approximate surface area is 106 Å². The maximum atomic E-state index is 3.73. The summed E-state index contributed by atoms with van der Waals surface area (Å²) in [5, 5.41) is 3.73. The molecule has 1 aromatic carbocycles. The van der Waals surface area contributed by atoms with Crippen molar-refractivity contribution in [1.82, 2.24) is 5.32 Å². The molecule has 1 atom stereocenters. The Hall–Kier alpha value is -0.820. The molecule has 0 spiro atoms. The van der Waals surface area contributed by atoms with E-state index in [2.05, 4.69) is 50.4 Å². The fraction of sp³-hybridized carbons (Fsp3) is 0.625. The van der Waals surface area contributed by atoms with Crippen LogP contribution < -0.4 is 5.32 Å². The van der Waals surface area contributed by atoms with Gasteiger partial charge in [-0.2, -0.15) is 0 Å². The minimum absolute atomic E-state index is 0.646. The first-order chi connectivity index (χ1) is 8.13. The Kier molecular flexibility index (Phi) is 4.22. The fourth-order valence-corrected chi connectivity index (χ4v) is 2.77. The van der Waals surface area contributed by atoms with Crippen LogP contribution in [0.5, 0.6) is 0 Å². The van der Waals surface area contributed by atoms with Gasteiger partial charge in [0.2, 0.25) is 0 Å². The molecule has 0 amide bonds. The third-order valence-electron chi connectivity index (χ3n) is 3.84. The van der Waals surface area contributed by atoms with Crippen LogP contribution in [0.2, 0.25) is 0 Å². The van der Waals surface area contributed by atoms with Gasteiger partial charge in [0.15, 0.2) is 0 Å². The Bertz CT molecular complexity index is 352. The van der Waals surface area contributed by atoms with Gasteiger partial charge in [-0.15, -0.1) is 0 Å². The van der Waals surface area contributed by atoms with Crippen LogP contribution in [0.15, 0.2) is 24.3 Å². The van der Waals surface area contributed by atoms with Gasteiger partial charge in [0, 0.05) is 12.1 Å². The first-order valence-corrected chi connectivity index (χ1v) is 6.95. The molecule has 1 N–H and O–H groups in total. The molecule has 0 saturated heterocycles. The summed E-state index contributed by atoms with van der Waals surface area (Å²) >= 11 is 0. The quantitative estimate of drug-likeness (QED) is 0.814. The Balaban J connectivity index is 1.70. The van der Waals surface area contributed by atoms with Gasteiger partial charge < -0.3 is 5.32 Å². The predicted molar refractivity (Wildman–Crippen MR) is 74.3 cm³/mol. The lowest BCUT2D eigenvalue weighted by Crippen LogP contribution is -2.44. The summed E-state index contributed by atoms with van der Waals surface area (Å²) in [4.78, 5) is 0. The van der Waals surface area contributed by atoms with Crippen molar-refractivity contribution < 1.29 is 0 Å². The van der Waals surface area contributed by atoms with E-state index in [-0.39, 0.29) is 0 Å². The van der Waals surface area contributed by atoms with Gasteiger partial charge in [-0.1, -0.05) is 36.8 Å². The highest BCUT2D eigenvalue weighted by Crippen LogP contribution is 2.26. The Morgan fingerprint density at radius 1 is 1.35 bits per heavy atom. The zero-order valence-corrected chi connectivity index (χ0v) is 11.4. The molecule has 0 aliphatic heterocycles. The molecule has 2 rings (SSSR count). The van der Waals surface area contributed by atoms with Crippen molar-refractivity contribution in [3.63, 3.8) is 0 Å². The molecular weight excluding hydrogens is 206 g/mol. The number of nitrogens with one attached hydrogen (secondary N) is 1. The SMILES string of the molecule is Cc1cccc(CCC(C)NC2CC(C)C2)c1. The molecule has 17 heavy (non-hydrogen) atoms. The molecule has 1 aromatic rings. The van der Waals surface area contributed by atoms with E-state index < -0.39 is 0 Å². The maximum Gasteiger partial charge on any atom is 0.00746 e. The van der Waals surface area contributed by atoms with Gasteiger partial charge in [-0.3, -0.25) is 0 Å². The van der Waals surface area contributed by atoms with Crippen molar-refractivity contribution in [3.8, 4) is 0 Å². The van der Waals surface area contributed by atoms with Crippen LogP contribution in [-0.2, 0) is 6.42 Å². The van der Waals surface area contributed by atoms with Crippen LogP contribution in [-0.4, -0.2) is 12.1 Å². The topological polar surface area (TPSA) is 12.0 Å². The molecule has 1 aliphatic carbocycles. The van der Waals surface area contributed by atoms with Crippen LogP contribution in [0, 0.1) is 12.8 Å². The fourth-order valence-electron chi connectivity index (χ4n) is 2.77. The number of aryl methyl sites for hydroxylation is 2. The van der Waals surface area contributed by atoms with Gasteiger partial charge >= 0.3 is 0 Å². The second-order valence-corrected chi connectivity index (χ2v) is 5.87. The van der Waals surface area contributed by atoms with E-state index in [0.717, 1.165) is 12.0 Å². The summed E-state index contributed by atoms with van der Waals surface area (Å²) in [6.07, 6.45) is 5.18. The Morgan fingerprint density at radius 3 is 2.76 bits per heavy atom. The van der Waals surface area contributed by atoms with Gasteiger partial charge in [0.25, 0.3) is 0 Å². The second kappa shape index (κ2) is 5.68. The standard InChI is InChI=1S/C16H25N/c1-12-5-4-6-15(9-12)8-7-14(3)17-16-10-13(2)11-16/h4-6,9,13-14,16-17H,7-8,10-11H2,1-3H3. The molecule has 94 valence electrons. The lowest BCUT2D eigenvalue weighted by atomic mass is 9.81. The summed E-state index contributed by atoms with van der Waals surface area (Å²) in [6.45, 7) is 6.83. The predicted octanol–water partition coefficient (Wildman–Crippen LogP) is 3.70. The van der Waals surface area contributed by atoms with E-state index in [0.29, 0.717) is 6.04 Å². The number of hydrogen-bond acceptors (Lipinski definition) is 1. The molecule has 0 radical (unpaired) electrons. The second-order valence-electron chi connectivity index (χ2n) is 5.87. The minimum Gasteiger partial charge on any atom is -0.311 e. The molecule has 1 aliphatic rings. The number of rotatable bonds is 5. The molecule has 1 unspecified atom stereocenters. The summed E-state index contributed by atoms with van der Waals surface area (Å²) in [7, 11) is 0. The Morgan fingerprint density at radius 2 is 2.12 bits per heavy atom. The van der Waals surface area contributed by atoms with Gasteiger partial charge in [-0.25, -0.2) is 0 Å².